The van der Waals surface area contributed by atoms with E-state index in [1.54, 1.807) is 6.92 Å². The molecule has 6 nitrogen and oxygen atoms in total. The average molecular weight is 396 g/mol. The zero-order valence-electron chi connectivity index (χ0n) is 14.8. The fraction of sp³-hybridized carbons (Fsp3) is 0.562. The number of amides is 1. The first-order chi connectivity index (χ1) is 12.0. The van der Waals surface area contributed by atoms with Crippen LogP contribution in [0, 0.1) is 5.92 Å². The number of hydrogen-bond acceptors (Lipinski definition) is 4. The molecule has 26 heavy (non-hydrogen) atoms. The lowest BCUT2D eigenvalue weighted by molar-refractivity contribution is -0.137. The fourth-order valence-corrected chi connectivity index (χ4v) is 3.36. The van der Waals surface area contributed by atoms with Gasteiger partial charge in [0.15, 0.2) is 0 Å². The lowest BCUT2D eigenvalue weighted by Gasteiger charge is -2.21. The zero-order chi connectivity index (χ0) is 20.0. The van der Waals surface area contributed by atoms with Crippen LogP contribution in [0.5, 0.6) is 0 Å². The van der Waals surface area contributed by atoms with Crippen molar-refractivity contribution < 1.29 is 31.1 Å². The highest BCUT2D eigenvalue weighted by Gasteiger charge is 2.31. The molecule has 0 aliphatic rings. The molecule has 0 aliphatic carbocycles. The fourth-order valence-electron chi connectivity index (χ4n) is 2.23. The maximum Gasteiger partial charge on any atom is 0.416 e. The van der Waals surface area contributed by atoms with Crippen LogP contribution in [0.25, 0.3) is 0 Å². The second kappa shape index (κ2) is 9.22. The van der Waals surface area contributed by atoms with E-state index in [0.29, 0.717) is 12.5 Å². The Morgan fingerprint density at radius 1 is 1.27 bits per heavy atom. The molecular formula is C16H23F3N2O4S. The highest BCUT2D eigenvalue weighted by Crippen LogP contribution is 2.30. The van der Waals surface area contributed by atoms with Crippen molar-refractivity contribution in [2.75, 3.05) is 13.2 Å². The van der Waals surface area contributed by atoms with E-state index in [4.69, 9.17) is 4.74 Å². The van der Waals surface area contributed by atoms with E-state index in [2.05, 4.69) is 10.0 Å². The molecule has 1 aromatic carbocycles. The van der Waals surface area contributed by atoms with Crippen molar-refractivity contribution in [2.24, 2.45) is 5.92 Å². The van der Waals surface area contributed by atoms with E-state index in [0.717, 1.165) is 18.2 Å². The SMILES string of the molecule is CCOC(=O)NC(CNS(=O)(=O)c1cccc(C(F)(F)F)c1)CC(C)C. The largest absolute Gasteiger partial charge is 0.450 e. The molecule has 1 rings (SSSR count). The first-order valence-electron chi connectivity index (χ1n) is 8.06. The van der Waals surface area contributed by atoms with Crippen LogP contribution in [-0.4, -0.2) is 33.7 Å². The van der Waals surface area contributed by atoms with Gasteiger partial charge < -0.3 is 10.1 Å². The summed E-state index contributed by atoms with van der Waals surface area (Å²) in [6.07, 6.45) is -4.86. The summed E-state index contributed by atoms with van der Waals surface area (Å²) in [4.78, 5) is 11.1. The third-order valence-corrected chi connectivity index (χ3v) is 4.77. The normalized spacial score (nSPS) is 13.5. The molecule has 1 amide bonds. The van der Waals surface area contributed by atoms with E-state index in [1.807, 2.05) is 13.8 Å². The Balaban J connectivity index is 2.88. The van der Waals surface area contributed by atoms with E-state index in [-0.39, 0.29) is 19.1 Å². The highest BCUT2D eigenvalue weighted by atomic mass is 32.2. The Morgan fingerprint density at radius 3 is 2.46 bits per heavy atom. The van der Waals surface area contributed by atoms with Gasteiger partial charge in [-0.2, -0.15) is 13.2 Å². The Bertz CT molecular complexity index is 706. The van der Waals surface area contributed by atoms with Crippen molar-refractivity contribution >= 4 is 16.1 Å². The Hall–Kier alpha value is -1.81. The van der Waals surface area contributed by atoms with Gasteiger partial charge in [0.2, 0.25) is 10.0 Å². The predicted octanol–water partition coefficient (Wildman–Crippen LogP) is 3.14. The molecule has 0 saturated carbocycles. The van der Waals surface area contributed by atoms with Gasteiger partial charge in [0, 0.05) is 12.6 Å². The number of sulfonamides is 1. The molecule has 0 fully saturated rings. The summed E-state index contributed by atoms with van der Waals surface area (Å²) in [7, 11) is -4.16. The van der Waals surface area contributed by atoms with Gasteiger partial charge in [0.25, 0.3) is 0 Å². The molecule has 2 N–H and O–H groups in total. The lowest BCUT2D eigenvalue weighted by atomic mass is 10.0. The van der Waals surface area contributed by atoms with Crippen molar-refractivity contribution in [2.45, 2.75) is 44.3 Å². The van der Waals surface area contributed by atoms with E-state index < -0.39 is 38.8 Å². The number of carbonyl (C=O) groups is 1. The number of rotatable bonds is 8. The smallest absolute Gasteiger partial charge is 0.416 e. The summed E-state index contributed by atoms with van der Waals surface area (Å²) >= 11 is 0. The summed E-state index contributed by atoms with van der Waals surface area (Å²) in [6.45, 7) is 5.40. The van der Waals surface area contributed by atoms with Gasteiger partial charge in [-0.25, -0.2) is 17.9 Å². The number of nitrogens with one attached hydrogen (secondary N) is 2. The van der Waals surface area contributed by atoms with Crippen LogP contribution in [0.2, 0.25) is 0 Å². The number of ether oxygens (including phenoxy) is 1. The minimum Gasteiger partial charge on any atom is -0.450 e. The molecule has 148 valence electrons. The summed E-state index contributed by atoms with van der Waals surface area (Å²) in [5, 5.41) is 2.54. The standard InChI is InChI=1S/C16H23F3N2O4S/c1-4-25-15(22)21-13(8-11(2)3)10-20-26(23,24)14-7-5-6-12(9-14)16(17,18)19/h5-7,9,11,13,20H,4,8,10H2,1-3H3,(H,21,22). The van der Waals surface area contributed by atoms with Crippen molar-refractivity contribution in [3.8, 4) is 0 Å². The summed E-state index contributed by atoms with van der Waals surface area (Å²) in [5.74, 6) is 0.153. The molecule has 0 heterocycles. The first-order valence-corrected chi connectivity index (χ1v) is 9.54. The van der Waals surface area contributed by atoms with Crippen LogP contribution in [0.15, 0.2) is 29.2 Å². The average Bonchev–Trinajstić information content (AvgIpc) is 2.52. The summed E-state index contributed by atoms with van der Waals surface area (Å²) in [5.41, 5.74) is -1.05. The molecule has 0 aliphatic heterocycles. The van der Waals surface area contributed by atoms with Crippen LogP contribution >= 0.6 is 0 Å². The molecule has 10 heteroatoms. The van der Waals surface area contributed by atoms with E-state index in [9.17, 15) is 26.4 Å². The van der Waals surface area contributed by atoms with Crippen LogP contribution in [0.3, 0.4) is 0 Å². The van der Waals surface area contributed by atoms with Crippen LogP contribution < -0.4 is 10.0 Å². The molecule has 0 spiro atoms. The quantitative estimate of drug-likeness (QED) is 0.707. The lowest BCUT2D eigenvalue weighted by Crippen LogP contribution is -2.44. The molecule has 1 unspecified atom stereocenters. The molecule has 1 aromatic rings. The third-order valence-electron chi connectivity index (χ3n) is 3.34. The third kappa shape index (κ3) is 7.20. The summed E-state index contributed by atoms with van der Waals surface area (Å²) in [6, 6.07) is 2.91. The minimum atomic E-state index is -4.64. The number of benzene rings is 1. The molecular weight excluding hydrogens is 373 g/mol. The van der Waals surface area contributed by atoms with Gasteiger partial charge in [-0.05, 0) is 37.5 Å². The minimum absolute atomic E-state index is 0.153. The number of alkyl carbamates (subject to hydrolysis) is 1. The monoisotopic (exact) mass is 396 g/mol. The zero-order valence-corrected chi connectivity index (χ0v) is 15.6. The van der Waals surface area contributed by atoms with Gasteiger partial charge in [-0.15, -0.1) is 0 Å². The van der Waals surface area contributed by atoms with Crippen molar-refractivity contribution in [1.29, 1.82) is 0 Å². The van der Waals surface area contributed by atoms with Gasteiger partial charge >= 0.3 is 12.3 Å². The molecule has 0 bridgehead atoms. The number of carbonyl (C=O) groups excluding carboxylic acids is 1. The van der Waals surface area contributed by atoms with Crippen molar-refractivity contribution in [1.82, 2.24) is 10.0 Å². The molecule has 0 aromatic heterocycles. The topological polar surface area (TPSA) is 84.5 Å². The van der Waals surface area contributed by atoms with Crippen LogP contribution in [-0.2, 0) is 20.9 Å². The number of hydrogen-bond donors (Lipinski definition) is 2. The van der Waals surface area contributed by atoms with Crippen molar-refractivity contribution in [3.63, 3.8) is 0 Å². The Morgan fingerprint density at radius 2 is 1.92 bits per heavy atom. The first kappa shape index (κ1) is 22.2. The predicted molar refractivity (Wildman–Crippen MR) is 90.0 cm³/mol. The maximum atomic E-state index is 12.8. The number of halogens is 3. The van der Waals surface area contributed by atoms with Crippen molar-refractivity contribution in [3.05, 3.63) is 29.8 Å². The Kier molecular flexibility index (Phi) is 7.88. The van der Waals surface area contributed by atoms with Crippen LogP contribution in [0.4, 0.5) is 18.0 Å². The van der Waals surface area contributed by atoms with Gasteiger partial charge in [-0.1, -0.05) is 19.9 Å². The second-order valence-electron chi connectivity index (χ2n) is 6.07. The molecule has 0 saturated heterocycles. The molecule has 0 radical (unpaired) electrons. The van der Waals surface area contributed by atoms with Gasteiger partial charge in [0.1, 0.15) is 0 Å². The molecule has 1 atom stereocenters. The second-order valence-corrected chi connectivity index (χ2v) is 7.84. The van der Waals surface area contributed by atoms with Crippen LogP contribution in [0.1, 0.15) is 32.8 Å². The Labute approximate surface area is 151 Å². The van der Waals surface area contributed by atoms with Gasteiger partial charge in [-0.3, -0.25) is 0 Å². The maximum absolute atomic E-state index is 12.8. The van der Waals surface area contributed by atoms with E-state index >= 15 is 0 Å². The summed E-state index contributed by atoms with van der Waals surface area (Å²) < 4.78 is 69.9. The highest BCUT2D eigenvalue weighted by molar-refractivity contribution is 7.89. The van der Waals surface area contributed by atoms with E-state index in [1.165, 1.54) is 0 Å². The van der Waals surface area contributed by atoms with Gasteiger partial charge in [0.05, 0.1) is 17.1 Å². The number of alkyl halides is 3.